The Hall–Kier alpha value is -0.710. The van der Waals surface area contributed by atoms with Crippen molar-refractivity contribution < 1.29 is 9.84 Å². The van der Waals surface area contributed by atoms with E-state index in [1.165, 1.54) is 5.56 Å². The number of hydrogen-bond acceptors (Lipinski definition) is 4. The Kier molecular flexibility index (Phi) is 5.75. The fourth-order valence-electron chi connectivity index (χ4n) is 2.93. The van der Waals surface area contributed by atoms with Crippen LogP contribution in [0.25, 0.3) is 0 Å². The number of thioether (sulfide) groups is 1. The lowest BCUT2D eigenvalue weighted by atomic mass is 9.75. The number of aliphatic hydroxyl groups excluding tert-OH is 1. The molecule has 1 fully saturated rings. The summed E-state index contributed by atoms with van der Waals surface area (Å²) in [6, 6.07) is 9.20. The smallest absolute Gasteiger partial charge is 0.122 e. The molecule has 0 saturated heterocycles. The molecular weight excluding hydrogens is 270 g/mol. The third-order valence-electron chi connectivity index (χ3n) is 4.26. The second-order valence-corrected chi connectivity index (χ2v) is 6.60. The van der Waals surface area contributed by atoms with Crippen molar-refractivity contribution in [3.63, 3.8) is 0 Å². The molecule has 2 atom stereocenters. The standard InChI is InChI=1S/C16H25NO2S/c1-11(16(10-18)20-3)17-13-8-12(9-13)14-6-4-5-7-15(14)19-2/h4-7,11-13,16-18H,8-10H2,1-3H3. The van der Waals surface area contributed by atoms with Gasteiger partial charge >= 0.3 is 0 Å². The van der Waals surface area contributed by atoms with Gasteiger partial charge in [0.2, 0.25) is 0 Å². The zero-order valence-electron chi connectivity index (χ0n) is 12.5. The molecule has 0 spiro atoms. The van der Waals surface area contributed by atoms with Gasteiger partial charge in [0.25, 0.3) is 0 Å². The normalized spacial score (nSPS) is 24.8. The topological polar surface area (TPSA) is 41.5 Å². The Morgan fingerprint density at radius 2 is 2.10 bits per heavy atom. The summed E-state index contributed by atoms with van der Waals surface area (Å²) in [6.45, 7) is 2.39. The van der Waals surface area contributed by atoms with Gasteiger partial charge in [0, 0.05) is 17.3 Å². The van der Waals surface area contributed by atoms with E-state index in [-0.39, 0.29) is 11.9 Å². The van der Waals surface area contributed by atoms with Crippen molar-refractivity contribution in [2.75, 3.05) is 20.0 Å². The van der Waals surface area contributed by atoms with Crippen LogP contribution in [-0.4, -0.2) is 42.4 Å². The molecule has 3 nitrogen and oxygen atoms in total. The van der Waals surface area contributed by atoms with Gasteiger partial charge in [-0.3, -0.25) is 0 Å². The van der Waals surface area contributed by atoms with E-state index in [9.17, 15) is 5.11 Å². The molecule has 2 rings (SSSR count). The Labute approximate surface area is 126 Å². The van der Waals surface area contributed by atoms with E-state index in [0.29, 0.717) is 18.0 Å². The zero-order valence-corrected chi connectivity index (χ0v) is 13.3. The van der Waals surface area contributed by atoms with Crippen molar-refractivity contribution in [2.45, 2.75) is 43.0 Å². The van der Waals surface area contributed by atoms with Gasteiger partial charge < -0.3 is 15.2 Å². The molecule has 0 aromatic heterocycles. The van der Waals surface area contributed by atoms with Gasteiger partial charge in [-0.25, -0.2) is 0 Å². The van der Waals surface area contributed by atoms with Crippen LogP contribution in [0.3, 0.4) is 0 Å². The molecule has 0 aliphatic heterocycles. The highest BCUT2D eigenvalue weighted by Gasteiger charge is 2.33. The van der Waals surface area contributed by atoms with E-state index in [1.807, 2.05) is 12.1 Å². The average molecular weight is 295 g/mol. The monoisotopic (exact) mass is 295 g/mol. The van der Waals surface area contributed by atoms with E-state index in [2.05, 4.69) is 30.6 Å². The molecular formula is C16H25NO2S. The molecule has 112 valence electrons. The molecule has 0 heterocycles. The first-order valence-electron chi connectivity index (χ1n) is 7.22. The summed E-state index contributed by atoms with van der Waals surface area (Å²) in [5.41, 5.74) is 1.32. The van der Waals surface area contributed by atoms with Gasteiger partial charge in [-0.15, -0.1) is 0 Å². The maximum atomic E-state index is 9.32. The Morgan fingerprint density at radius 1 is 1.40 bits per heavy atom. The number of para-hydroxylation sites is 1. The molecule has 0 radical (unpaired) electrons. The van der Waals surface area contributed by atoms with Crippen LogP contribution in [0, 0.1) is 0 Å². The van der Waals surface area contributed by atoms with Crippen LogP contribution in [0.15, 0.2) is 24.3 Å². The predicted octanol–water partition coefficient (Wildman–Crippen LogP) is 2.64. The third kappa shape index (κ3) is 3.48. The largest absolute Gasteiger partial charge is 0.496 e. The van der Waals surface area contributed by atoms with Crippen molar-refractivity contribution in [2.24, 2.45) is 0 Å². The molecule has 2 unspecified atom stereocenters. The summed E-state index contributed by atoms with van der Waals surface area (Å²) in [5, 5.41) is 13.2. The highest BCUT2D eigenvalue weighted by atomic mass is 32.2. The Balaban J connectivity index is 1.85. The molecule has 1 aromatic carbocycles. The SMILES string of the molecule is COc1ccccc1C1CC(NC(C)C(CO)SC)C1. The third-order valence-corrected chi connectivity index (χ3v) is 5.42. The molecule has 1 aromatic rings. The molecule has 1 aliphatic rings. The number of aliphatic hydroxyl groups is 1. The summed E-state index contributed by atoms with van der Waals surface area (Å²) in [7, 11) is 1.74. The van der Waals surface area contributed by atoms with Gasteiger partial charge in [-0.1, -0.05) is 18.2 Å². The number of benzene rings is 1. The van der Waals surface area contributed by atoms with Crippen LogP contribution in [0.2, 0.25) is 0 Å². The lowest BCUT2D eigenvalue weighted by Gasteiger charge is -2.39. The maximum absolute atomic E-state index is 9.32. The first kappa shape index (κ1) is 15.7. The summed E-state index contributed by atoms with van der Waals surface area (Å²) in [5.74, 6) is 1.60. The highest BCUT2D eigenvalue weighted by molar-refractivity contribution is 7.99. The Bertz CT molecular complexity index is 417. The minimum Gasteiger partial charge on any atom is -0.496 e. The summed E-state index contributed by atoms with van der Waals surface area (Å²) in [4.78, 5) is 0. The van der Waals surface area contributed by atoms with E-state index >= 15 is 0 Å². The highest BCUT2D eigenvalue weighted by Crippen LogP contribution is 2.41. The quantitative estimate of drug-likeness (QED) is 0.811. The summed E-state index contributed by atoms with van der Waals surface area (Å²) < 4.78 is 5.43. The molecule has 20 heavy (non-hydrogen) atoms. The van der Waals surface area contributed by atoms with Crippen LogP contribution in [0.4, 0.5) is 0 Å². The van der Waals surface area contributed by atoms with Crippen LogP contribution >= 0.6 is 11.8 Å². The molecule has 1 saturated carbocycles. The number of nitrogens with one attached hydrogen (secondary N) is 1. The number of ether oxygens (including phenoxy) is 1. The molecule has 1 aliphatic carbocycles. The van der Waals surface area contributed by atoms with Crippen molar-refractivity contribution in [1.82, 2.24) is 5.32 Å². The van der Waals surface area contributed by atoms with Crippen molar-refractivity contribution in [3.8, 4) is 5.75 Å². The molecule has 0 bridgehead atoms. The average Bonchev–Trinajstić information content (AvgIpc) is 2.43. The summed E-state index contributed by atoms with van der Waals surface area (Å²) >= 11 is 1.73. The van der Waals surface area contributed by atoms with Crippen LogP contribution in [0.5, 0.6) is 5.75 Å². The first-order chi connectivity index (χ1) is 9.69. The van der Waals surface area contributed by atoms with Gasteiger partial charge in [0.05, 0.1) is 13.7 Å². The first-order valence-corrected chi connectivity index (χ1v) is 8.51. The van der Waals surface area contributed by atoms with Gasteiger partial charge in [-0.05, 0) is 43.6 Å². The van der Waals surface area contributed by atoms with Crippen molar-refractivity contribution in [3.05, 3.63) is 29.8 Å². The summed E-state index contributed by atoms with van der Waals surface area (Å²) in [6.07, 6.45) is 4.35. The van der Waals surface area contributed by atoms with E-state index < -0.39 is 0 Å². The van der Waals surface area contributed by atoms with Gasteiger partial charge in [0.1, 0.15) is 5.75 Å². The second kappa shape index (κ2) is 7.34. The lowest BCUT2D eigenvalue weighted by molar-refractivity contribution is 0.233. The molecule has 4 heteroatoms. The lowest BCUT2D eigenvalue weighted by Crippen LogP contribution is -2.48. The van der Waals surface area contributed by atoms with E-state index in [0.717, 1.165) is 18.6 Å². The Morgan fingerprint density at radius 3 is 2.70 bits per heavy atom. The van der Waals surface area contributed by atoms with Crippen molar-refractivity contribution >= 4 is 11.8 Å². The fourth-order valence-corrected chi connectivity index (χ4v) is 3.56. The van der Waals surface area contributed by atoms with Crippen molar-refractivity contribution in [1.29, 1.82) is 0 Å². The molecule has 2 N–H and O–H groups in total. The van der Waals surface area contributed by atoms with Gasteiger partial charge in [-0.2, -0.15) is 11.8 Å². The van der Waals surface area contributed by atoms with Crippen LogP contribution in [-0.2, 0) is 0 Å². The predicted molar refractivity (Wildman–Crippen MR) is 85.7 cm³/mol. The minimum absolute atomic E-state index is 0.234. The number of rotatable bonds is 7. The fraction of sp³-hybridized carbons (Fsp3) is 0.625. The minimum atomic E-state index is 0.234. The molecule has 0 amide bonds. The number of hydrogen-bond donors (Lipinski definition) is 2. The van der Waals surface area contributed by atoms with E-state index in [4.69, 9.17) is 4.74 Å². The maximum Gasteiger partial charge on any atom is 0.122 e. The second-order valence-electron chi connectivity index (χ2n) is 5.52. The van der Waals surface area contributed by atoms with E-state index in [1.54, 1.807) is 18.9 Å². The van der Waals surface area contributed by atoms with Crippen LogP contribution in [0.1, 0.15) is 31.2 Å². The van der Waals surface area contributed by atoms with Crippen LogP contribution < -0.4 is 10.1 Å². The zero-order chi connectivity index (χ0) is 14.5. The number of methoxy groups -OCH3 is 1. The van der Waals surface area contributed by atoms with Gasteiger partial charge in [0.15, 0.2) is 0 Å².